The van der Waals surface area contributed by atoms with Gasteiger partial charge in [-0.05, 0) is 38.5 Å². The topological polar surface area (TPSA) is 59.8 Å². The van der Waals surface area contributed by atoms with Crippen molar-refractivity contribution in [1.82, 2.24) is 14.8 Å². The van der Waals surface area contributed by atoms with E-state index in [0.29, 0.717) is 11.7 Å². The van der Waals surface area contributed by atoms with Crippen LogP contribution in [0.3, 0.4) is 0 Å². The van der Waals surface area contributed by atoms with Crippen LogP contribution in [0.5, 0.6) is 0 Å². The molecule has 1 N–H and O–H groups in total. The number of carbonyl (C=O) groups excluding carboxylic acids is 1. The van der Waals surface area contributed by atoms with Crippen molar-refractivity contribution in [2.24, 2.45) is 0 Å². The Kier molecular flexibility index (Phi) is 5.73. The van der Waals surface area contributed by atoms with E-state index in [2.05, 4.69) is 34.7 Å². The summed E-state index contributed by atoms with van der Waals surface area (Å²) in [4.78, 5) is 13.4. The molecule has 0 saturated heterocycles. The molecule has 0 fully saturated rings. The van der Waals surface area contributed by atoms with Crippen LogP contribution in [0, 0.1) is 19.7 Å². The summed E-state index contributed by atoms with van der Waals surface area (Å²) in [6, 6.07) is 6.11. The average Bonchev–Trinajstić information content (AvgIpc) is 3.18. The first kappa shape index (κ1) is 18.6. The van der Waals surface area contributed by atoms with Crippen LogP contribution in [0.1, 0.15) is 17.4 Å². The first-order chi connectivity index (χ1) is 12.5. The summed E-state index contributed by atoms with van der Waals surface area (Å²) in [6.45, 7) is 6.88. The zero-order valence-corrected chi connectivity index (χ0v) is 16.4. The number of aromatic nitrogens is 3. The van der Waals surface area contributed by atoms with Crippen LogP contribution in [0.25, 0.3) is 11.4 Å². The molecule has 0 spiro atoms. The van der Waals surface area contributed by atoms with Crippen LogP contribution in [-0.2, 0) is 11.3 Å². The van der Waals surface area contributed by atoms with Gasteiger partial charge in [-0.3, -0.25) is 4.79 Å². The number of halogens is 1. The second-order valence-corrected chi connectivity index (χ2v) is 7.72. The van der Waals surface area contributed by atoms with Gasteiger partial charge in [-0.15, -0.1) is 21.5 Å². The number of benzene rings is 1. The number of anilines is 1. The highest BCUT2D eigenvalue weighted by Gasteiger charge is 2.18. The third-order valence-corrected chi connectivity index (χ3v) is 6.02. The van der Waals surface area contributed by atoms with E-state index in [4.69, 9.17) is 0 Å². The Hall–Kier alpha value is -2.19. The standard InChI is InChI=1S/C18H19FN4OS2/c1-4-23-17(13-9-25-12(3)11(13)2)21-22-18(23)26-10-16(24)20-15-8-6-5-7-14(15)19/h5-9H,4,10H2,1-3H3,(H,20,24). The number of carbonyl (C=O) groups is 1. The van der Waals surface area contributed by atoms with Gasteiger partial charge in [-0.2, -0.15) is 0 Å². The summed E-state index contributed by atoms with van der Waals surface area (Å²) in [6.07, 6.45) is 0. The van der Waals surface area contributed by atoms with Crippen molar-refractivity contribution < 1.29 is 9.18 Å². The van der Waals surface area contributed by atoms with E-state index in [1.807, 2.05) is 11.5 Å². The lowest BCUT2D eigenvalue weighted by molar-refractivity contribution is -0.113. The molecular weight excluding hydrogens is 371 g/mol. The van der Waals surface area contributed by atoms with Crippen LogP contribution in [0.15, 0.2) is 34.8 Å². The molecule has 0 aliphatic carbocycles. The summed E-state index contributed by atoms with van der Waals surface area (Å²) in [5, 5.41) is 13.9. The van der Waals surface area contributed by atoms with Crippen LogP contribution in [0.4, 0.5) is 10.1 Å². The molecule has 26 heavy (non-hydrogen) atoms. The highest BCUT2D eigenvalue weighted by Crippen LogP contribution is 2.31. The Balaban J connectivity index is 1.72. The largest absolute Gasteiger partial charge is 0.323 e. The van der Waals surface area contributed by atoms with Gasteiger partial charge < -0.3 is 9.88 Å². The number of thioether (sulfide) groups is 1. The number of hydrogen-bond acceptors (Lipinski definition) is 5. The normalized spacial score (nSPS) is 10.9. The van der Waals surface area contributed by atoms with Gasteiger partial charge in [0.2, 0.25) is 5.91 Å². The molecule has 0 aliphatic rings. The van der Waals surface area contributed by atoms with Gasteiger partial charge in [0.15, 0.2) is 11.0 Å². The van der Waals surface area contributed by atoms with E-state index in [0.717, 1.165) is 11.4 Å². The number of nitrogens with one attached hydrogen (secondary N) is 1. The SMILES string of the molecule is CCn1c(SCC(=O)Nc2ccccc2F)nnc1-c1csc(C)c1C. The van der Waals surface area contributed by atoms with E-state index in [9.17, 15) is 9.18 Å². The zero-order valence-electron chi connectivity index (χ0n) is 14.7. The smallest absolute Gasteiger partial charge is 0.234 e. The van der Waals surface area contributed by atoms with Gasteiger partial charge in [-0.1, -0.05) is 23.9 Å². The molecule has 0 atom stereocenters. The van der Waals surface area contributed by atoms with Crippen LogP contribution >= 0.6 is 23.1 Å². The Morgan fingerprint density at radius 1 is 1.31 bits per heavy atom. The number of amides is 1. The molecular formula is C18H19FN4OS2. The van der Waals surface area contributed by atoms with Gasteiger partial charge in [-0.25, -0.2) is 4.39 Å². The predicted molar refractivity (Wildman–Crippen MR) is 104 cm³/mol. The molecule has 1 amide bonds. The Labute approximate surface area is 159 Å². The van der Waals surface area contributed by atoms with Gasteiger partial charge in [0.1, 0.15) is 5.82 Å². The highest BCUT2D eigenvalue weighted by atomic mass is 32.2. The average molecular weight is 391 g/mol. The summed E-state index contributed by atoms with van der Waals surface area (Å²) in [5.41, 5.74) is 2.45. The molecule has 0 aliphatic heterocycles. The predicted octanol–water partition coefficient (Wildman–Crippen LogP) is 4.51. The fourth-order valence-corrected chi connectivity index (χ4v) is 4.16. The fraction of sp³-hybridized carbons (Fsp3) is 0.278. The van der Waals surface area contributed by atoms with Gasteiger partial charge in [0, 0.05) is 22.4 Å². The van der Waals surface area contributed by atoms with Crippen LogP contribution in [0.2, 0.25) is 0 Å². The van der Waals surface area contributed by atoms with E-state index in [1.54, 1.807) is 23.5 Å². The minimum absolute atomic E-state index is 0.133. The highest BCUT2D eigenvalue weighted by molar-refractivity contribution is 7.99. The van der Waals surface area contributed by atoms with Crippen molar-refractivity contribution in [2.75, 3.05) is 11.1 Å². The first-order valence-electron chi connectivity index (χ1n) is 8.16. The van der Waals surface area contributed by atoms with E-state index < -0.39 is 5.82 Å². The summed E-state index contributed by atoms with van der Waals surface area (Å²) in [7, 11) is 0. The number of thiophene rings is 1. The summed E-state index contributed by atoms with van der Waals surface area (Å²) < 4.78 is 15.6. The molecule has 0 radical (unpaired) electrons. The minimum atomic E-state index is -0.451. The van der Waals surface area contributed by atoms with Crippen molar-refractivity contribution in [3.8, 4) is 11.4 Å². The van der Waals surface area contributed by atoms with Gasteiger partial charge in [0.05, 0.1) is 11.4 Å². The quantitative estimate of drug-likeness (QED) is 0.629. The molecule has 2 heterocycles. The Morgan fingerprint density at radius 2 is 2.08 bits per heavy atom. The maximum absolute atomic E-state index is 13.6. The number of aryl methyl sites for hydroxylation is 1. The molecule has 5 nitrogen and oxygen atoms in total. The molecule has 3 aromatic rings. The second-order valence-electron chi connectivity index (χ2n) is 5.70. The minimum Gasteiger partial charge on any atom is -0.323 e. The summed E-state index contributed by atoms with van der Waals surface area (Å²) in [5.74, 6) is 0.211. The number of nitrogens with zero attached hydrogens (tertiary/aromatic N) is 3. The monoisotopic (exact) mass is 390 g/mol. The maximum atomic E-state index is 13.6. The lowest BCUT2D eigenvalue weighted by Crippen LogP contribution is -2.15. The maximum Gasteiger partial charge on any atom is 0.234 e. The van der Waals surface area contributed by atoms with Crippen LogP contribution < -0.4 is 5.32 Å². The molecule has 0 saturated carbocycles. The molecule has 8 heteroatoms. The number of para-hydroxylation sites is 1. The van der Waals surface area contributed by atoms with E-state index >= 15 is 0 Å². The number of hydrogen-bond donors (Lipinski definition) is 1. The Bertz CT molecular complexity index is 935. The van der Waals surface area contributed by atoms with Crippen molar-refractivity contribution in [3.05, 3.63) is 45.9 Å². The van der Waals surface area contributed by atoms with Crippen LogP contribution in [-0.4, -0.2) is 26.4 Å². The summed E-state index contributed by atoms with van der Waals surface area (Å²) >= 11 is 2.98. The van der Waals surface area contributed by atoms with Crippen molar-refractivity contribution >= 4 is 34.7 Å². The second kappa shape index (κ2) is 8.01. The third-order valence-electron chi connectivity index (χ3n) is 4.04. The third kappa shape index (κ3) is 3.81. The Morgan fingerprint density at radius 3 is 2.73 bits per heavy atom. The van der Waals surface area contributed by atoms with Gasteiger partial charge in [0.25, 0.3) is 0 Å². The van der Waals surface area contributed by atoms with E-state index in [1.165, 1.54) is 34.3 Å². The van der Waals surface area contributed by atoms with Crippen molar-refractivity contribution in [3.63, 3.8) is 0 Å². The molecule has 0 unspecified atom stereocenters. The lowest BCUT2D eigenvalue weighted by atomic mass is 10.1. The zero-order chi connectivity index (χ0) is 18.7. The molecule has 3 rings (SSSR count). The lowest BCUT2D eigenvalue weighted by Gasteiger charge is -2.08. The first-order valence-corrected chi connectivity index (χ1v) is 10.0. The van der Waals surface area contributed by atoms with Crippen molar-refractivity contribution in [1.29, 1.82) is 0 Å². The molecule has 2 aromatic heterocycles. The molecule has 1 aromatic carbocycles. The van der Waals surface area contributed by atoms with E-state index in [-0.39, 0.29) is 17.3 Å². The molecule has 0 bridgehead atoms. The molecule has 136 valence electrons. The van der Waals surface area contributed by atoms with Crippen molar-refractivity contribution in [2.45, 2.75) is 32.5 Å². The number of rotatable bonds is 6. The van der Waals surface area contributed by atoms with Gasteiger partial charge >= 0.3 is 0 Å². The fourth-order valence-electron chi connectivity index (χ4n) is 2.49.